The number of sulfone groups is 1. The van der Waals surface area contributed by atoms with E-state index in [0.29, 0.717) is 13.1 Å². The number of rotatable bonds is 4. The minimum atomic E-state index is -3.05. The molecule has 1 fully saturated rings. The van der Waals surface area contributed by atoms with E-state index in [2.05, 4.69) is 0 Å². The summed E-state index contributed by atoms with van der Waals surface area (Å²) in [6.45, 7) is 1.34. The van der Waals surface area contributed by atoms with Gasteiger partial charge in [-0.15, -0.1) is 0 Å². The van der Waals surface area contributed by atoms with Gasteiger partial charge in [-0.25, -0.2) is 8.42 Å². The summed E-state index contributed by atoms with van der Waals surface area (Å²) in [7, 11) is -1.37. The number of carbonyl (C=O) groups excluding carboxylic acids is 1. The molecule has 5 nitrogen and oxygen atoms in total. The Balaban J connectivity index is 2.34. The quantitative estimate of drug-likeness (QED) is 0.706. The van der Waals surface area contributed by atoms with Gasteiger partial charge >= 0.3 is 0 Å². The molecule has 0 unspecified atom stereocenters. The number of methoxy groups -OCH3 is 1. The van der Waals surface area contributed by atoms with Gasteiger partial charge in [0.25, 0.3) is 0 Å². The molecule has 1 aliphatic heterocycles. The van der Waals surface area contributed by atoms with Crippen LogP contribution in [0.3, 0.4) is 0 Å². The second kappa shape index (κ2) is 5.63. The molecule has 1 heterocycles. The summed E-state index contributed by atoms with van der Waals surface area (Å²) in [5, 5.41) is 0. The summed E-state index contributed by atoms with van der Waals surface area (Å²) in [5.41, 5.74) is 0. The molecule has 1 amide bonds. The van der Waals surface area contributed by atoms with E-state index in [1.54, 1.807) is 12.0 Å². The predicted octanol–water partition coefficient (Wildman–Crippen LogP) is 0.0585. The molecule has 0 atom stereocenters. The number of carbonyl (C=O) groups is 1. The third-order valence-electron chi connectivity index (χ3n) is 2.81. The van der Waals surface area contributed by atoms with E-state index in [0.717, 1.165) is 19.1 Å². The first-order valence-corrected chi connectivity index (χ1v) is 7.46. The molecule has 16 heavy (non-hydrogen) atoms. The minimum Gasteiger partial charge on any atom is -0.381 e. The Labute approximate surface area is 96.7 Å². The van der Waals surface area contributed by atoms with Gasteiger partial charge in [0.15, 0.2) is 0 Å². The van der Waals surface area contributed by atoms with Gasteiger partial charge in [0.1, 0.15) is 9.84 Å². The van der Waals surface area contributed by atoms with E-state index in [4.69, 9.17) is 4.74 Å². The van der Waals surface area contributed by atoms with Crippen molar-refractivity contribution in [3.8, 4) is 0 Å². The molecule has 0 aromatic carbocycles. The van der Waals surface area contributed by atoms with Crippen molar-refractivity contribution in [2.75, 3.05) is 32.2 Å². The third kappa shape index (κ3) is 4.49. The maximum Gasteiger partial charge on any atom is 0.223 e. The molecular formula is C10H19NO4S. The molecule has 1 saturated heterocycles. The highest BCUT2D eigenvalue weighted by Crippen LogP contribution is 2.13. The Kier molecular flexibility index (Phi) is 4.73. The SMILES string of the molecule is COC1CCN(C(=O)CCS(C)(=O)=O)CC1. The lowest BCUT2D eigenvalue weighted by molar-refractivity contribution is -0.133. The van der Waals surface area contributed by atoms with E-state index in [9.17, 15) is 13.2 Å². The van der Waals surface area contributed by atoms with Crippen LogP contribution in [-0.4, -0.2) is 57.5 Å². The van der Waals surface area contributed by atoms with Gasteiger partial charge in [0.2, 0.25) is 5.91 Å². The number of amides is 1. The monoisotopic (exact) mass is 249 g/mol. The van der Waals surface area contributed by atoms with Gasteiger partial charge in [0, 0.05) is 32.9 Å². The van der Waals surface area contributed by atoms with Crippen molar-refractivity contribution in [3.63, 3.8) is 0 Å². The van der Waals surface area contributed by atoms with E-state index in [-0.39, 0.29) is 24.2 Å². The van der Waals surface area contributed by atoms with Crippen molar-refractivity contribution in [1.82, 2.24) is 4.90 Å². The molecule has 0 N–H and O–H groups in total. The summed E-state index contributed by atoms with van der Waals surface area (Å²) in [4.78, 5) is 13.4. The largest absolute Gasteiger partial charge is 0.381 e. The van der Waals surface area contributed by atoms with Crippen LogP contribution in [0, 0.1) is 0 Å². The lowest BCUT2D eigenvalue weighted by Crippen LogP contribution is -2.41. The van der Waals surface area contributed by atoms with Gasteiger partial charge in [-0.05, 0) is 12.8 Å². The highest BCUT2D eigenvalue weighted by atomic mass is 32.2. The third-order valence-corrected chi connectivity index (χ3v) is 3.76. The van der Waals surface area contributed by atoms with E-state index < -0.39 is 9.84 Å². The highest BCUT2D eigenvalue weighted by Gasteiger charge is 2.22. The van der Waals surface area contributed by atoms with Crippen molar-refractivity contribution >= 4 is 15.7 Å². The van der Waals surface area contributed by atoms with E-state index in [1.165, 1.54) is 0 Å². The fraction of sp³-hybridized carbons (Fsp3) is 0.900. The van der Waals surface area contributed by atoms with Crippen LogP contribution in [0.2, 0.25) is 0 Å². The van der Waals surface area contributed by atoms with E-state index in [1.807, 2.05) is 0 Å². The molecule has 6 heteroatoms. The topological polar surface area (TPSA) is 63.7 Å². The van der Waals surface area contributed by atoms with Crippen LogP contribution in [-0.2, 0) is 19.4 Å². The van der Waals surface area contributed by atoms with Crippen molar-refractivity contribution < 1.29 is 17.9 Å². The van der Waals surface area contributed by atoms with Gasteiger partial charge in [-0.1, -0.05) is 0 Å². The lowest BCUT2D eigenvalue weighted by atomic mass is 10.1. The van der Waals surface area contributed by atoms with Crippen molar-refractivity contribution in [2.45, 2.75) is 25.4 Å². The molecule has 0 aromatic rings. The minimum absolute atomic E-state index is 0.0595. The molecule has 94 valence electrons. The predicted molar refractivity (Wildman–Crippen MR) is 60.9 cm³/mol. The van der Waals surface area contributed by atoms with Crippen LogP contribution >= 0.6 is 0 Å². The van der Waals surface area contributed by atoms with Gasteiger partial charge < -0.3 is 9.64 Å². The summed E-state index contributed by atoms with van der Waals surface area (Å²) < 4.78 is 27.1. The molecule has 0 saturated carbocycles. The lowest BCUT2D eigenvalue weighted by Gasteiger charge is -2.31. The van der Waals surface area contributed by atoms with Crippen LogP contribution < -0.4 is 0 Å². The zero-order chi connectivity index (χ0) is 12.2. The van der Waals surface area contributed by atoms with Crippen molar-refractivity contribution in [3.05, 3.63) is 0 Å². The normalized spacial score (nSPS) is 18.8. The average molecular weight is 249 g/mol. The average Bonchev–Trinajstić information content (AvgIpc) is 2.25. The number of ether oxygens (including phenoxy) is 1. The smallest absolute Gasteiger partial charge is 0.223 e. The van der Waals surface area contributed by atoms with Crippen LogP contribution in [0.5, 0.6) is 0 Å². The molecule has 0 spiro atoms. The van der Waals surface area contributed by atoms with Crippen LogP contribution in [0.25, 0.3) is 0 Å². The first-order valence-electron chi connectivity index (χ1n) is 5.40. The van der Waals surface area contributed by atoms with Crippen molar-refractivity contribution in [2.24, 2.45) is 0 Å². The zero-order valence-corrected chi connectivity index (χ0v) is 10.6. The number of likely N-dealkylation sites (tertiary alicyclic amines) is 1. The van der Waals surface area contributed by atoms with Gasteiger partial charge in [0.05, 0.1) is 11.9 Å². The number of hydrogen-bond acceptors (Lipinski definition) is 4. The molecule has 0 bridgehead atoms. The van der Waals surface area contributed by atoms with Gasteiger partial charge in [-0.3, -0.25) is 4.79 Å². The Bertz CT molecular complexity index is 331. The number of nitrogens with zero attached hydrogens (tertiary/aromatic N) is 1. The Morgan fingerprint density at radius 1 is 1.38 bits per heavy atom. The standard InChI is InChI=1S/C10H19NO4S/c1-15-9-3-6-11(7-4-9)10(12)5-8-16(2,13)14/h9H,3-8H2,1-2H3. The van der Waals surface area contributed by atoms with Crippen LogP contribution in [0.1, 0.15) is 19.3 Å². The Hall–Kier alpha value is -0.620. The second-order valence-electron chi connectivity index (χ2n) is 4.20. The van der Waals surface area contributed by atoms with Gasteiger partial charge in [-0.2, -0.15) is 0 Å². The second-order valence-corrected chi connectivity index (χ2v) is 6.46. The highest BCUT2D eigenvalue weighted by molar-refractivity contribution is 7.90. The summed E-state index contributed by atoms with van der Waals surface area (Å²) in [5.74, 6) is -0.129. The maximum absolute atomic E-state index is 11.7. The molecule has 1 rings (SSSR count). The van der Waals surface area contributed by atoms with E-state index >= 15 is 0 Å². The Morgan fingerprint density at radius 3 is 2.38 bits per heavy atom. The molecule has 0 radical (unpaired) electrons. The fourth-order valence-electron chi connectivity index (χ4n) is 1.77. The Morgan fingerprint density at radius 2 is 1.94 bits per heavy atom. The fourth-order valence-corrected chi connectivity index (χ4v) is 2.32. The summed E-state index contributed by atoms with van der Waals surface area (Å²) in [6.07, 6.45) is 3.15. The zero-order valence-electron chi connectivity index (χ0n) is 9.81. The molecule has 0 aromatic heterocycles. The summed E-state index contributed by atoms with van der Waals surface area (Å²) >= 11 is 0. The number of piperidine rings is 1. The molecule has 1 aliphatic rings. The van der Waals surface area contributed by atoms with Crippen molar-refractivity contribution in [1.29, 1.82) is 0 Å². The molecular weight excluding hydrogens is 230 g/mol. The maximum atomic E-state index is 11.7. The first kappa shape index (κ1) is 13.4. The molecule has 0 aliphatic carbocycles. The first-order chi connectivity index (χ1) is 7.42. The van der Waals surface area contributed by atoms with Crippen LogP contribution in [0.15, 0.2) is 0 Å². The van der Waals surface area contributed by atoms with Crippen LogP contribution in [0.4, 0.5) is 0 Å². The summed E-state index contributed by atoms with van der Waals surface area (Å²) in [6, 6.07) is 0. The number of hydrogen-bond donors (Lipinski definition) is 0.